The van der Waals surface area contributed by atoms with Crippen LogP contribution in [0.25, 0.3) is 27.1 Å². The SMILES string of the molecule is CC1=C(CCC2=C(C)C(=O)C(C)=C(C(C)(C)CC(=O)N(C)CCN(CCOCCOCCC(=O)ON3C(=O)CCC3=O)C(=O)Oc3ccc4nc(C#N)sc4c3)C2=O)C(=O)C(C)=C(C(C)(C)CC(=O)N(C)CCN(CCOCCOCCC(=O)O)C(=O)Oc2c(Cc3ccccc3)nc3c(Cc4ccccc4)nc(-c4ccccc4)cn23)C1=O. The Morgan fingerprint density at radius 1 is 0.538 bits per heavy atom. The number of nitrogens with zero attached hydrogens (tertiary/aromatic N) is 10. The van der Waals surface area contributed by atoms with E-state index in [4.69, 9.17) is 48.3 Å². The summed E-state index contributed by atoms with van der Waals surface area (Å²) in [5, 5.41) is 19.2. The maximum absolute atomic E-state index is 15.0. The van der Waals surface area contributed by atoms with Crippen LogP contribution in [0.4, 0.5) is 9.59 Å². The van der Waals surface area contributed by atoms with Gasteiger partial charge < -0.3 is 58.0 Å². The van der Waals surface area contributed by atoms with E-state index < -0.39 is 81.7 Å². The number of carbonyl (C=O) groups is 12. The highest BCUT2D eigenvalue weighted by Crippen LogP contribution is 2.44. The van der Waals surface area contributed by atoms with Gasteiger partial charge in [-0.2, -0.15) is 5.26 Å². The van der Waals surface area contributed by atoms with E-state index in [0.29, 0.717) is 44.4 Å². The molecule has 3 aliphatic rings. The lowest BCUT2D eigenvalue weighted by Crippen LogP contribution is -2.43. The maximum atomic E-state index is 15.0. The van der Waals surface area contributed by atoms with E-state index in [9.17, 15) is 62.8 Å². The number of carboxylic acid groups (broad SMARTS) is 1. The van der Waals surface area contributed by atoms with Crippen molar-refractivity contribution in [3.8, 4) is 29.0 Å². The number of benzene rings is 4. The molecule has 1 fully saturated rings. The number of likely N-dealkylation sites (N-methyl/N-ethyl adjacent to an activating group) is 2. The number of carbonyl (C=O) groups excluding carboxylic acids is 11. The third kappa shape index (κ3) is 23.0. The maximum Gasteiger partial charge on any atom is 0.416 e. The summed E-state index contributed by atoms with van der Waals surface area (Å²) in [4.78, 5) is 188. The van der Waals surface area contributed by atoms with Gasteiger partial charge >= 0.3 is 24.1 Å². The number of hydrogen-bond donors (Lipinski definition) is 1. The molecule has 7 aromatic rings. The van der Waals surface area contributed by atoms with Crippen molar-refractivity contribution in [2.45, 2.75) is 120 Å². The van der Waals surface area contributed by atoms with Crippen molar-refractivity contribution in [3.05, 3.63) is 187 Å². The minimum absolute atomic E-state index is 0.00230. The van der Waals surface area contributed by atoms with Gasteiger partial charge in [0, 0.05) is 165 Å². The molecule has 1 aliphatic heterocycles. The molecule has 0 atom stereocenters. The molecule has 2 aliphatic carbocycles. The molecule has 10 rings (SSSR count). The molecule has 0 saturated carbocycles. The molecule has 1 saturated heterocycles. The molecule has 626 valence electrons. The zero-order valence-electron chi connectivity index (χ0n) is 68.5. The fourth-order valence-electron chi connectivity index (χ4n) is 14.3. The molecule has 4 heterocycles. The van der Waals surface area contributed by atoms with Crippen molar-refractivity contribution in [2.24, 2.45) is 10.8 Å². The molecule has 1 N–H and O–H groups in total. The molecular weight excluding hydrogens is 1550 g/mol. The van der Waals surface area contributed by atoms with E-state index >= 15 is 0 Å². The summed E-state index contributed by atoms with van der Waals surface area (Å²) in [5.41, 5.74) is 3.97. The van der Waals surface area contributed by atoms with Gasteiger partial charge in [-0.15, -0.1) is 16.4 Å². The first-order valence-corrected chi connectivity index (χ1v) is 40.0. The van der Waals surface area contributed by atoms with Crippen LogP contribution in [-0.2, 0) is 84.6 Å². The van der Waals surface area contributed by atoms with Crippen molar-refractivity contribution in [3.63, 3.8) is 0 Å². The summed E-state index contributed by atoms with van der Waals surface area (Å²) in [6, 6.07) is 35.8. The lowest BCUT2D eigenvalue weighted by molar-refractivity contribution is -0.198. The number of aliphatic carboxylic acids is 1. The van der Waals surface area contributed by atoms with Gasteiger partial charge in [0.05, 0.1) is 87.3 Å². The third-order valence-corrected chi connectivity index (χ3v) is 21.8. The summed E-state index contributed by atoms with van der Waals surface area (Å²) in [6.45, 7) is 12.8. The van der Waals surface area contributed by atoms with Gasteiger partial charge in [-0.25, -0.2) is 29.3 Å². The van der Waals surface area contributed by atoms with Crippen LogP contribution in [0.15, 0.2) is 160 Å². The van der Waals surface area contributed by atoms with Crippen molar-refractivity contribution in [2.75, 3.05) is 106 Å². The fourth-order valence-corrected chi connectivity index (χ4v) is 15.1. The predicted octanol–water partition coefficient (Wildman–Crippen LogP) is 11.0. The molecule has 0 bridgehead atoms. The number of ether oxygens (including phenoxy) is 6. The average molecular weight is 1650 g/mol. The van der Waals surface area contributed by atoms with Gasteiger partial charge in [0.15, 0.2) is 33.8 Å². The smallest absolute Gasteiger partial charge is 0.416 e. The number of imidazole rings is 1. The second-order valence-corrected chi connectivity index (χ2v) is 31.5. The lowest BCUT2D eigenvalue weighted by atomic mass is 9.69. The Morgan fingerprint density at radius 2 is 1.03 bits per heavy atom. The minimum atomic E-state index is -1.25. The Kier molecular flexibility index (Phi) is 30.7. The Labute approximate surface area is 692 Å². The van der Waals surface area contributed by atoms with E-state index in [-0.39, 0.29) is 211 Å². The van der Waals surface area contributed by atoms with Crippen molar-refractivity contribution in [1.29, 1.82) is 5.26 Å². The second-order valence-electron chi connectivity index (χ2n) is 30.5. The van der Waals surface area contributed by atoms with Gasteiger partial charge in [-0.3, -0.25) is 47.6 Å². The Bertz CT molecular complexity index is 5200. The van der Waals surface area contributed by atoms with Crippen LogP contribution in [0, 0.1) is 22.2 Å². The Hall–Kier alpha value is -12.1. The molecule has 30 nitrogen and oxygen atoms in total. The van der Waals surface area contributed by atoms with Gasteiger partial charge in [0.25, 0.3) is 11.8 Å². The molecule has 3 aromatic heterocycles. The number of carboxylic acids is 1. The Balaban J connectivity index is 0.771. The molecule has 119 heavy (non-hydrogen) atoms. The standard InChI is InChI=1S/C88H98N10O20S/c1-55-64(82(109)78(57(3)79(55)106)88(7,8)52-74(102)93(9)34-36-95(85(110)116-62-26-29-65-69(50-62)119-70(53-89)91-65)38-42-114-47-45-113-41-33-76(105)118-98-71(99)30-31-72(98)100)28-27-63-56(2)81(108)77(58(4)80(63)107)87(5,6)51-73(101)94(10)35-37-96(39-43-115-46-44-112-40-32-75(103)104)86(111)117-84-67(49-60-22-16-12-17-23-60)92-83-66(48-59-20-14-11-15-21-59)90-68(54-97(83)84)61-24-18-13-19-25-61/h11-26,29,50,54H,27-28,30-49,51-52H2,1-10H3,(H,103,104). The van der Waals surface area contributed by atoms with Gasteiger partial charge in [-0.05, 0) is 63.8 Å². The summed E-state index contributed by atoms with van der Waals surface area (Å²) >= 11 is 1.12. The van der Waals surface area contributed by atoms with Gasteiger partial charge in [0.1, 0.15) is 17.5 Å². The topological polar surface area (TPSA) is 373 Å². The number of amides is 6. The lowest BCUT2D eigenvalue weighted by Gasteiger charge is -2.34. The highest BCUT2D eigenvalue weighted by atomic mass is 32.1. The zero-order valence-corrected chi connectivity index (χ0v) is 69.3. The van der Waals surface area contributed by atoms with Crippen LogP contribution in [0.5, 0.6) is 11.6 Å². The average Bonchev–Trinajstić information content (AvgIpc) is 1.68. The largest absolute Gasteiger partial charge is 0.481 e. The predicted molar refractivity (Wildman–Crippen MR) is 436 cm³/mol. The molecule has 31 heteroatoms. The number of Topliss-reactive ketones (excluding diaryl/α,β-unsaturated/α-hetero) is 4. The van der Waals surface area contributed by atoms with E-state index in [0.717, 1.165) is 28.0 Å². The van der Waals surface area contributed by atoms with Crippen molar-refractivity contribution < 1.29 is 95.9 Å². The highest BCUT2D eigenvalue weighted by Gasteiger charge is 2.43. The zero-order chi connectivity index (χ0) is 85.8. The van der Waals surface area contributed by atoms with E-state index in [1.165, 1.54) is 60.4 Å². The first kappa shape index (κ1) is 89.3. The number of aromatic nitrogens is 4. The number of hydrogen-bond acceptors (Lipinski definition) is 24. The highest BCUT2D eigenvalue weighted by molar-refractivity contribution is 7.19. The number of nitriles is 1. The molecule has 6 amide bonds. The fraction of sp³-hybridized carbons (Fsp3) is 0.409. The number of allylic oxidation sites excluding steroid dienone is 8. The van der Waals surface area contributed by atoms with Crippen LogP contribution in [0.2, 0.25) is 0 Å². The van der Waals surface area contributed by atoms with E-state index in [1.54, 1.807) is 57.5 Å². The minimum Gasteiger partial charge on any atom is -0.481 e. The van der Waals surface area contributed by atoms with Crippen LogP contribution in [0.3, 0.4) is 0 Å². The molecular formula is C88H98N10O20S. The number of ketones is 4. The third-order valence-electron chi connectivity index (χ3n) is 20.9. The summed E-state index contributed by atoms with van der Waals surface area (Å²) < 4.78 is 37.2. The summed E-state index contributed by atoms with van der Waals surface area (Å²) in [7, 11) is 3.10. The normalized spacial score (nSPS) is 14.1. The Morgan fingerprint density at radius 3 is 1.57 bits per heavy atom. The number of imide groups is 1. The molecule has 4 aromatic carbocycles. The first-order valence-electron chi connectivity index (χ1n) is 39.2. The van der Waals surface area contributed by atoms with E-state index in [2.05, 4.69) is 4.98 Å². The number of hydroxylamine groups is 2. The first-order chi connectivity index (χ1) is 56.8. The van der Waals surface area contributed by atoms with Crippen LogP contribution in [0.1, 0.15) is 134 Å². The number of fused-ring (bicyclic) bond motifs is 2. The molecule has 0 radical (unpaired) electrons. The van der Waals surface area contributed by atoms with Crippen LogP contribution < -0.4 is 9.47 Å². The van der Waals surface area contributed by atoms with Crippen LogP contribution in [-0.4, -0.2) is 226 Å². The number of thiazole rings is 1. The van der Waals surface area contributed by atoms with Crippen molar-refractivity contribution >= 4 is 98.1 Å². The summed E-state index contributed by atoms with van der Waals surface area (Å²) in [6.07, 6.45) is -0.318. The van der Waals surface area contributed by atoms with Gasteiger partial charge in [-0.1, -0.05) is 119 Å². The molecule has 0 spiro atoms. The molecule has 0 unspecified atom stereocenters. The number of rotatable bonds is 41. The second kappa shape index (κ2) is 40.9. The van der Waals surface area contributed by atoms with Crippen molar-refractivity contribution in [1.82, 2.24) is 44.0 Å². The van der Waals surface area contributed by atoms with E-state index in [1.807, 2.05) is 97.1 Å². The summed E-state index contributed by atoms with van der Waals surface area (Å²) in [5.74, 6) is -5.43. The van der Waals surface area contributed by atoms with Crippen LogP contribution >= 0.6 is 11.3 Å². The van der Waals surface area contributed by atoms with Gasteiger partial charge in [0.2, 0.25) is 17.7 Å². The monoisotopic (exact) mass is 1650 g/mol. The quantitative estimate of drug-likeness (QED) is 0.0211.